The lowest BCUT2D eigenvalue weighted by molar-refractivity contribution is -0.167. The number of carbonyl (C=O) groups excluding carboxylic acids is 3. The topological polar surface area (TPSA) is 78.9 Å². The molecule has 0 radical (unpaired) electrons. The van der Waals surface area contributed by atoms with Crippen molar-refractivity contribution >= 4 is 17.9 Å². The van der Waals surface area contributed by atoms with Gasteiger partial charge in [-0.3, -0.25) is 14.4 Å². The molecule has 0 fully saturated rings. The van der Waals surface area contributed by atoms with E-state index >= 15 is 0 Å². The zero-order chi connectivity index (χ0) is 56.4. The monoisotopic (exact) mass is 1090 g/mol. The first-order chi connectivity index (χ1) is 38.5. The van der Waals surface area contributed by atoms with Crippen LogP contribution >= 0.6 is 0 Å². The second kappa shape index (κ2) is 66.9. The maximum atomic E-state index is 12.9. The maximum Gasteiger partial charge on any atom is 0.306 e. The summed E-state index contributed by atoms with van der Waals surface area (Å²) in [4.78, 5) is 38.2. The first-order valence-electron chi connectivity index (χ1n) is 34.6. The van der Waals surface area contributed by atoms with Gasteiger partial charge in [0.1, 0.15) is 13.2 Å². The minimum Gasteiger partial charge on any atom is -0.462 e. The predicted molar refractivity (Wildman–Crippen MR) is 339 cm³/mol. The summed E-state index contributed by atoms with van der Waals surface area (Å²) in [6, 6.07) is 0. The molecule has 0 aromatic rings. The third-order valence-corrected chi connectivity index (χ3v) is 15.6. The predicted octanol–water partition coefficient (Wildman–Crippen LogP) is 23.7. The molecule has 0 aliphatic rings. The van der Waals surface area contributed by atoms with E-state index in [0.717, 1.165) is 96.3 Å². The molecule has 0 saturated heterocycles. The van der Waals surface area contributed by atoms with Gasteiger partial charge in [-0.1, -0.05) is 345 Å². The molecule has 0 N–H and O–H groups in total. The summed E-state index contributed by atoms with van der Waals surface area (Å²) in [5.41, 5.74) is 0. The van der Waals surface area contributed by atoms with E-state index in [1.54, 1.807) is 0 Å². The zero-order valence-corrected chi connectivity index (χ0v) is 52.5. The van der Waals surface area contributed by atoms with Gasteiger partial charge in [0.05, 0.1) is 0 Å². The van der Waals surface area contributed by atoms with E-state index < -0.39 is 6.10 Å². The lowest BCUT2D eigenvalue weighted by Gasteiger charge is -2.18. The van der Waals surface area contributed by atoms with Crippen molar-refractivity contribution in [2.24, 2.45) is 0 Å². The Labute approximate surface area is 486 Å². The Kier molecular flexibility index (Phi) is 64.6. The summed E-state index contributed by atoms with van der Waals surface area (Å²) in [5.74, 6) is -0.884. The number of ether oxygens (including phenoxy) is 3. The molecule has 0 spiro atoms. The fourth-order valence-electron chi connectivity index (χ4n) is 10.4. The molecule has 0 aromatic heterocycles. The van der Waals surface area contributed by atoms with Crippen LogP contribution < -0.4 is 0 Å². The average molecular weight is 1090 g/mol. The fourth-order valence-corrected chi connectivity index (χ4v) is 10.4. The van der Waals surface area contributed by atoms with Crippen LogP contribution in [0.15, 0.2) is 48.6 Å². The molecule has 6 heteroatoms. The van der Waals surface area contributed by atoms with Gasteiger partial charge in [-0.25, -0.2) is 0 Å². The summed E-state index contributed by atoms with van der Waals surface area (Å²) in [6.45, 7) is 6.55. The van der Waals surface area contributed by atoms with Crippen LogP contribution in [-0.2, 0) is 28.6 Å². The van der Waals surface area contributed by atoms with Gasteiger partial charge in [0.15, 0.2) is 6.10 Å². The van der Waals surface area contributed by atoms with Crippen LogP contribution in [0.3, 0.4) is 0 Å². The van der Waals surface area contributed by atoms with Crippen molar-refractivity contribution < 1.29 is 28.6 Å². The number of esters is 3. The van der Waals surface area contributed by atoms with Crippen LogP contribution in [0.4, 0.5) is 0 Å². The van der Waals surface area contributed by atoms with Gasteiger partial charge >= 0.3 is 17.9 Å². The summed E-state index contributed by atoms with van der Waals surface area (Å²) >= 11 is 0. The van der Waals surface area contributed by atoms with Crippen molar-refractivity contribution in [3.05, 3.63) is 48.6 Å². The van der Waals surface area contributed by atoms with E-state index in [0.29, 0.717) is 19.3 Å². The molecule has 0 aromatic carbocycles. The Morgan fingerprint density at radius 1 is 0.269 bits per heavy atom. The number of hydrogen-bond donors (Lipinski definition) is 0. The number of unbranched alkanes of at least 4 members (excludes halogenated alkanes) is 45. The molecule has 78 heavy (non-hydrogen) atoms. The molecule has 0 saturated carbocycles. The lowest BCUT2D eigenvalue weighted by Crippen LogP contribution is -2.30. The average Bonchev–Trinajstić information content (AvgIpc) is 3.44. The van der Waals surface area contributed by atoms with Gasteiger partial charge in [-0.15, -0.1) is 0 Å². The Morgan fingerprint density at radius 3 is 0.782 bits per heavy atom. The van der Waals surface area contributed by atoms with Crippen LogP contribution in [0.1, 0.15) is 374 Å². The van der Waals surface area contributed by atoms with E-state index in [4.69, 9.17) is 14.2 Å². The van der Waals surface area contributed by atoms with Crippen molar-refractivity contribution in [2.45, 2.75) is 380 Å². The van der Waals surface area contributed by atoms with Gasteiger partial charge in [0.2, 0.25) is 0 Å². The van der Waals surface area contributed by atoms with Crippen molar-refractivity contribution in [3.8, 4) is 0 Å². The van der Waals surface area contributed by atoms with Gasteiger partial charge in [-0.05, 0) is 57.8 Å². The Balaban J connectivity index is 4.05. The van der Waals surface area contributed by atoms with E-state index in [1.807, 2.05) is 0 Å². The Hall–Kier alpha value is -2.63. The third-order valence-electron chi connectivity index (χ3n) is 15.6. The molecule has 456 valence electrons. The van der Waals surface area contributed by atoms with Crippen molar-refractivity contribution in [3.63, 3.8) is 0 Å². The number of hydrogen-bond acceptors (Lipinski definition) is 6. The highest BCUT2D eigenvalue weighted by Gasteiger charge is 2.19. The number of rotatable bonds is 64. The molecule has 0 aliphatic carbocycles. The van der Waals surface area contributed by atoms with E-state index in [9.17, 15) is 14.4 Å². The van der Waals surface area contributed by atoms with Crippen LogP contribution in [0.2, 0.25) is 0 Å². The van der Waals surface area contributed by atoms with Crippen LogP contribution in [0, 0.1) is 0 Å². The molecule has 1 atom stereocenters. The largest absolute Gasteiger partial charge is 0.462 e. The number of carbonyl (C=O) groups is 3. The molecule has 0 bridgehead atoms. The normalized spacial score (nSPS) is 12.3. The van der Waals surface area contributed by atoms with Gasteiger partial charge in [0, 0.05) is 19.3 Å². The maximum absolute atomic E-state index is 12.9. The molecule has 0 heterocycles. The highest BCUT2D eigenvalue weighted by molar-refractivity contribution is 5.71. The standard InChI is InChI=1S/C72H132O6/c1-4-7-10-13-16-19-22-24-26-28-29-30-31-32-33-34-35-36-37-38-39-40-41-42-43-45-46-48-50-53-56-59-62-65-71(74)77-68-69(67-76-70(73)64-61-58-55-52-21-18-15-12-9-6-3)78-72(75)66-63-60-57-54-51-49-47-44-27-25-23-20-17-14-11-8-5-2/h8,11,17,20,25,27,47,49,69H,4-7,9-10,12-16,18-19,21-24,26,28-46,48,50-68H2,1-3H3/b11-8-,20-17-,27-25-,49-47-. The minimum absolute atomic E-state index is 0.0787. The number of allylic oxidation sites excluding steroid dienone is 8. The highest BCUT2D eigenvalue weighted by atomic mass is 16.6. The fraction of sp³-hybridized carbons (Fsp3) is 0.847. The second-order valence-electron chi connectivity index (χ2n) is 23.4. The van der Waals surface area contributed by atoms with Gasteiger partial charge < -0.3 is 14.2 Å². The molecular weight excluding hydrogens is 961 g/mol. The molecule has 1 unspecified atom stereocenters. The van der Waals surface area contributed by atoms with Crippen LogP contribution in [0.5, 0.6) is 0 Å². The smallest absolute Gasteiger partial charge is 0.306 e. The Morgan fingerprint density at radius 2 is 0.500 bits per heavy atom. The minimum atomic E-state index is -0.783. The first kappa shape index (κ1) is 75.4. The molecule has 0 aliphatic heterocycles. The van der Waals surface area contributed by atoms with Crippen LogP contribution in [-0.4, -0.2) is 37.2 Å². The zero-order valence-electron chi connectivity index (χ0n) is 52.5. The first-order valence-corrected chi connectivity index (χ1v) is 34.6. The molecule has 0 rings (SSSR count). The molecular formula is C72H132O6. The van der Waals surface area contributed by atoms with Gasteiger partial charge in [0.25, 0.3) is 0 Å². The van der Waals surface area contributed by atoms with E-state index in [1.165, 1.54) is 238 Å². The van der Waals surface area contributed by atoms with Crippen molar-refractivity contribution in [2.75, 3.05) is 13.2 Å². The van der Waals surface area contributed by atoms with Crippen LogP contribution in [0.25, 0.3) is 0 Å². The third kappa shape index (κ3) is 64.2. The molecule has 6 nitrogen and oxygen atoms in total. The summed E-state index contributed by atoms with van der Waals surface area (Å²) < 4.78 is 16.9. The summed E-state index contributed by atoms with van der Waals surface area (Å²) in [6.07, 6.45) is 84.6. The SMILES string of the molecule is CC/C=C\C/C=C\C/C=C\C/C=C\CCCCCCC(=O)OC(COC(=O)CCCCCCCCCCCC)COC(=O)CCCCCCCCCCCCCCCCCCCCCCCCCCCCCCCCCCC. The second-order valence-corrected chi connectivity index (χ2v) is 23.4. The van der Waals surface area contributed by atoms with E-state index in [2.05, 4.69) is 69.4 Å². The summed E-state index contributed by atoms with van der Waals surface area (Å²) in [7, 11) is 0. The lowest BCUT2D eigenvalue weighted by atomic mass is 10.0. The van der Waals surface area contributed by atoms with Gasteiger partial charge in [-0.2, -0.15) is 0 Å². The highest BCUT2D eigenvalue weighted by Crippen LogP contribution is 2.19. The quantitative estimate of drug-likeness (QED) is 0.0261. The van der Waals surface area contributed by atoms with E-state index in [-0.39, 0.29) is 31.1 Å². The molecule has 0 amide bonds. The van der Waals surface area contributed by atoms with Crippen molar-refractivity contribution in [1.82, 2.24) is 0 Å². The van der Waals surface area contributed by atoms with Crippen molar-refractivity contribution in [1.29, 1.82) is 0 Å². The Bertz CT molecular complexity index is 1350. The summed E-state index contributed by atoms with van der Waals surface area (Å²) in [5, 5.41) is 0.